The van der Waals surface area contributed by atoms with Crippen molar-refractivity contribution in [2.24, 2.45) is 11.8 Å². The number of benzene rings is 2. The van der Waals surface area contributed by atoms with Gasteiger partial charge in [0.25, 0.3) is 5.69 Å². The van der Waals surface area contributed by atoms with E-state index in [0.29, 0.717) is 23.0 Å². The van der Waals surface area contributed by atoms with Gasteiger partial charge in [-0.25, -0.2) is 0 Å². The standard InChI is InChI=1S/C14H19N3O3.C14H21N3O/c1-10(18)16(2)12-6-7-13(14(8-12)17(19)20)15-9-11-4-3-5-11;1-10(18)17(2)12-6-7-14(13(15)8-12)16-9-11-4-3-5-11/h6-8,11,15H,3-5,9H2,1-2H3;6-8,11,16H,3-5,9,15H2,1-2H3. The van der Waals surface area contributed by atoms with Gasteiger partial charge in [-0.15, -0.1) is 0 Å². The molecule has 2 amide bonds. The molecule has 0 heterocycles. The van der Waals surface area contributed by atoms with Crippen LogP contribution in [-0.4, -0.2) is 43.9 Å². The van der Waals surface area contributed by atoms with Gasteiger partial charge in [-0.05, 0) is 67.9 Å². The lowest BCUT2D eigenvalue weighted by molar-refractivity contribution is -0.383. The highest BCUT2D eigenvalue weighted by Gasteiger charge is 2.21. The number of amides is 2. The molecule has 2 aromatic rings. The van der Waals surface area contributed by atoms with Crippen LogP contribution in [-0.2, 0) is 9.59 Å². The fourth-order valence-corrected chi connectivity index (χ4v) is 4.21. The molecule has 2 aliphatic rings. The van der Waals surface area contributed by atoms with Crippen molar-refractivity contribution >= 4 is 45.9 Å². The lowest BCUT2D eigenvalue weighted by atomic mass is 9.85. The Labute approximate surface area is 224 Å². The minimum absolute atomic E-state index is 0.00424. The summed E-state index contributed by atoms with van der Waals surface area (Å²) in [7, 11) is 3.35. The van der Waals surface area contributed by atoms with Gasteiger partial charge in [-0.1, -0.05) is 12.8 Å². The van der Waals surface area contributed by atoms with Crippen LogP contribution in [0.4, 0.5) is 34.1 Å². The molecule has 0 aromatic heterocycles. The minimum atomic E-state index is -0.416. The summed E-state index contributed by atoms with van der Waals surface area (Å²) >= 11 is 0. The third-order valence-corrected chi connectivity index (χ3v) is 7.54. The van der Waals surface area contributed by atoms with E-state index in [9.17, 15) is 19.7 Å². The first kappa shape index (κ1) is 28.7. The topological polar surface area (TPSA) is 134 Å². The van der Waals surface area contributed by atoms with Crippen LogP contribution in [0, 0.1) is 22.0 Å². The molecule has 2 aromatic carbocycles. The molecule has 0 atom stereocenters. The Morgan fingerprint density at radius 3 is 1.71 bits per heavy atom. The van der Waals surface area contributed by atoms with E-state index in [4.69, 9.17) is 5.73 Å². The van der Waals surface area contributed by atoms with Gasteiger partial charge in [0, 0.05) is 52.8 Å². The van der Waals surface area contributed by atoms with Crippen LogP contribution in [0.3, 0.4) is 0 Å². The molecule has 0 radical (unpaired) electrons. The number of nitrogens with zero attached hydrogens (tertiary/aromatic N) is 3. The lowest BCUT2D eigenvalue weighted by Gasteiger charge is -2.26. The van der Waals surface area contributed by atoms with Crippen molar-refractivity contribution in [3.05, 3.63) is 46.5 Å². The number of nitrogens with one attached hydrogen (secondary N) is 2. The molecule has 2 fully saturated rings. The Bertz CT molecular complexity index is 1150. The largest absolute Gasteiger partial charge is 0.397 e. The summed E-state index contributed by atoms with van der Waals surface area (Å²) in [6, 6.07) is 10.5. The van der Waals surface area contributed by atoms with Crippen molar-refractivity contribution < 1.29 is 14.5 Å². The van der Waals surface area contributed by atoms with Crippen LogP contribution in [0.1, 0.15) is 52.4 Å². The Morgan fingerprint density at radius 1 is 0.868 bits per heavy atom. The van der Waals surface area contributed by atoms with E-state index < -0.39 is 4.92 Å². The molecule has 4 rings (SSSR count). The fourth-order valence-electron chi connectivity index (χ4n) is 4.21. The lowest BCUT2D eigenvalue weighted by Crippen LogP contribution is -2.23. The molecule has 0 bridgehead atoms. The van der Waals surface area contributed by atoms with Crippen LogP contribution in [0.15, 0.2) is 36.4 Å². The second kappa shape index (κ2) is 13.1. The van der Waals surface area contributed by atoms with Gasteiger partial charge in [0.15, 0.2) is 0 Å². The summed E-state index contributed by atoms with van der Waals surface area (Å²) < 4.78 is 0. The van der Waals surface area contributed by atoms with E-state index in [2.05, 4.69) is 10.6 Å². The molecule has 10 heteroatoms. The van der Waals surface area contributed by atoms with E-state index >= 15 is 0 Å². The normalized spacial score (nSPS) is 14.7. The molecule has 0 aliphatic heterocycles. The van der Waals surface area contributed by atoms with Gasteiger partial charge in [0.1, 0.15) is 5.69 Å². The van der Waals surface area contributed by atoms with Crippen LogP contribution < -0.4 is 26.2 Å². The highest BCUT2D eigenvalue weighted by atomic mass is 16.6. The Balaban J connectivity index is 0.000000212. The number of nitrogens with two attached hydrogens (primary N) is 1. The molecule has 4 N–H and O–H groups in total. The summed E-state index contributed by atoms with van der Waals surface area (Å²) in [5, 5.41) is 17.7. The van der Waals surface area contributed by atoms with Crippen molar-refractivity contribution in [1.82, 2.24) is 0 Å². The maximum Gasteiger partial charge on any atom is 0.294 e. The summed E-state index contributed by atoms with van der Waals surface area (Å²) in [5.41, 5.74) is 9.54. The van der Waals surface area contributed by atoms with E-state index in [0.717, 1.165) is 30.4 Å². The predicted octanol–water partition coefficient (Wildman–Crippen LogP) is 5.25. The molecule has 0 spiro atoms. The quantitative estimate of drug-likeness (QED) is 0.232. The van der Waals surface area contributed by atoms with E-state index in [1.165, 1.54) is 56.4 Å². The van der Waals surface area contributed by atoms with Gasteiger partial charge < -0.3 is 26.2 Å². The summed E-state index contributed by atoms with van der Waals surface area (Å²) in [6.45, 7) is 4.72. The predicted molar refractivity (Wildman–Crippen MR) is 154 cm³/mol. The maximum atomic E-state index is 11.3. The smallest absolute Gasteiger partial charge is 0.294 e. The van der Waals surface area contributed by atoms with E-state index in [-0.39, 0.29) is 17.5 Å². The zero-order chi connectivity index (χ0) is 27.8. The van der Waals surface area contributed by atoms with E-state index in [1.807, 2.05) is 18.2 Å². The van der Waals surface area contributed by atoms with Crippen molar-refractivity contribution in [2.45, 2.75) is 52.4 Å². The van der Waals surface area contributed by atoms with Crippen LogP contribution in [0.5, 0.6) is 0 Å². The molecule has 0 saturated heterocycles. The van der Waals surface area contributed by atoms with Crippen molar-refractivity contribution in [1.29, 1.82) is 0 Å². The third-order valence-electron chi connectivity index (χ3n) is 7.54. The fraction of sp³-hybridized carbons (Fsp3) is 0.500. The first-order valence-corrected chi connectivity index (χ1v) is 13.2. The Hall–Kier alpha value is -3.82. The number of carbonyl (C=O) groups excluding carboxylic acids is 2. The summed E-state index contributed by atoms with van der Waals surface area (Å²) in [4.78, 5) is 36.3. The molecular formula is C28H40N6O4. The number of anilines is 5. The molecule has 2 saturated carbocycles. The first-order chi connectivity index (χ1) is 18.1. The van der Waals surface area contributed by atoms with Crippen molar-refractivity contribution in [3.8, 4) is 0 Å². The number of carbonyl (C=O) groups is 2. The minimum Gasteiger partial charge on any atom is -0.397 e. The SMILES string of the molecule is CC(=O)N(C)c1ccc(NCC2CCC2)c(N)c1.CC(=O)N(C)c1ccc(NCC2CCC2)c([N+](=O)[O-])c1. The Morgan fingerprint density at radius 2 is 1.32 bits per heavy atom. The van der Waals surface area contributed by atoms with E-state index in [1.54, 1.807) is 38.1 Å². The zero-order valence-electron chi connectivity index (χ0n) is 22.8. The number of nitrogen functional groups attached to an aromatic ring is 1. The highest BCUT2D eigenvalue weighted by molar-refractivity contribution is 5.92. The van der Waals surface area contributed by atoms with Gasteiger partial charge in [0.05, 0.1) is 22.0 Å². The van der Waals surface area contributed by atoms with Crippen LogP contribution in [0.2, 0.25) is 0 Å². The zero-order valence-corrected chi connectivity index (χ0v) is 22.8. The van der Waals surface area contributed by atoms with Gasteiger partial charge >= 0.3 is 0 Å². The average Bonchev–Trinajstić information content (AvgIpc) is 2.82. The second-order valence-corrected chi connectivity index (χ2v) is 10.2. The van der Waals surface area contributed by atoms with Crippen LogP contribution in [0.25, 0.3) is 0 Å². The summed E-state index contributed by atoms with van der Waals surface area (Å²) in [5.74, 6) is 1.26. The molecule has 38 heavy (non-hydrogen) atoms. The summed E-state index contributed by atoms with van der Waals surface area (Å²) in [6.07, 6.45) is 7.61. The van der Waals surface area contributed by atoms with Gasteiger partial charge in [-0.3, -0.25) is 19.7 Å². The molecule has 206 valence electrons. The number of rotatable bonds is 9. The molecule has 2 aliphatic carbocycles. The number of hydrogen-bond acceptors (Lipinski definition) is 7. The third kappa shape index (κ3) is 7.60. The molecule has 0 unspecified atom stereocenters. The average molecular weight is 525 g/mol. The second-order valence-electron chi connectivity index (χ2n) is 10.2. The van der Waals surface area contributed by atoms with Gasteiger partial charge in [-0.2, -0.15) is 0 Å². The Kier molecular flexibility index (Phi) is 9.92. The highest BCUT2D eigenvalue weighted by Crippen LogP contribution is 2.32. The van der Waals surface area contributed by atoms with Gasteiger partial charge in [0.2, 0.25) is 11.8 Å². The van der Waals surface area contributed by atoms with Crippen molar-refractivity contribution in [3.63, 3.8) is 0 Å². The maximum absolute atomic E-state index is 11.3. The first-order valence-electron chi connectivity index (χ1n) is 13.2. The number of hydrogen-bond donors (Lipinski definition) is 3. The molecule has 10 nitrogen and oxygen atoms in total. The van der Waals surface area contributed by atoms with Crippen LogP contribution >= 0.6 is 0 Å². The number of nitro benzene ring substituents is 1. The van der Waals surface area contributed by atoms with Crippen molar-refractivity contribution in [2.75, 3.05) is 53.4 Å². The molecular weight excluding hydrogens is 484 g/mol. The monoisotopic (exact) mass is 524 g/mol. The number of nitro groups is 1.